The van der Waals surface area contributed by atoms with Crippen molar-refractivity contribution in [3.8, 4) is 10.6 Å². The average Bonchev–Trinajstić information content (AvgIpc) is 2.84. The van der Waals surface area contributed by atoms with E-state index < -0.39 is 0 Å². The zero-order valence-electron chi connectivity index (χ0n) is 10.7. The van der Waals surface area contributed by atoms with E-state index in [1.807, 2.05) is 20.2 Å². The fraction of sp³-hybridized carbons (Fsp3) is 0.133. The van der Waals surface area contributed by atoms with E-state index >= 15 is 0 Å². The van der Waals surface area contributed by atoms with E-state index in [1.165, 1.54) is 16.0 Å². The second-order valence-electron chi connectivity index (χ2n) is 4.55. The fourth-order valence-electron chi connectivity index (χ4n) is 1.96. The summed E-state index contributed by atoms with van der Waals surface area (Å²) in [5.74, 6) is 0. The third-order valence-electron chi connectivity index (χ3n) is 2.98. The van der Waals surface area contributed by atoms with Gasteiger partial charge in [0.15, 0.2) is 0 Å². The number of benzene rings is 2. The van der Waals surface area contributed by atoms with Crippen LogP contribution in [0, 0.1) is 0 Å². The largest absolute Gasteiger partial charge is 0.378 e. The molecule has 0 atom stereocenters. The lowest BCUT2D eigenvalue weighted by Crippen LogP contribution is -2.08. The molecule has 0 N–H and O–H groups in total. The van der Waals surface area contributed by atoms with Crippen molar-refractivity contribution >= 4 is 43.2 Å². The summed E-state index contributed by atoms with van der Waals surface area (Å²) in [7, 11) is 4.10. The van der Waals surface area contributed by atoms with Gasteiger partial charge in [-0.15, -0.1) is 11.3 Å². The van der Waals surface area contributed by atoms with Crippen LogP contribution in [0.5, 0.6) is 0 Å². The fourth-order valence-corrected chi connectivity index (χ4v) is 3.52. The highest BCUT2D eigenvalue weighted by Crippen LogP contribution is 2.35. The molecule has 0 fully saturated rings. The first-order valence-electron chi connectivity index (χ1n) is 5.98. The molecule has 2 nitrogen and oxygen atoms in total. The minimum Gasteiger partial charge on any atom is -0.378 e. The van der Waals surface area contributed by atoms with Gasteiger partial charge >= 0.3 is 0 Å². The number of rotatable bonds is 2. The van der Waals surface area contributed by atoms with Crippen molar-refractivity contribution in [3.05, 3.63) is 46.9 Å². The number of aromatic nitrogens is 1. The Balaban J connectivity index is 2.14. The summed E-state index contributed by atoms with van der Waals surface area (Å²) < 4.78 is 2.31. The molecular formula is C15H13BrN2S. The maximum absolute atomic E-state index is 4.71. The second kappa shape index (κ2) is 4.94. The number of nitrogens with zero attached hydrogens (tertiary/aromatic N) is 2. The number of halogens is 1. The molecule has 0 aliphatic rings. The van der Waals surface area contributed by atoms with Crippen LogP contribution in [0.4, 0.5) is 5.69 Å². The average molecular weight is 333 g/mol. The molecule has 3 aromatic rings. The Hall–Kier alpha value is -1.39. The van der Waals surface area contributed by atoms with E-state index in [0.29, 0.717) is 0 Å². The van der Waals surface area contributed by atoms with Crippen LogP contribution < -0.4 is 4.90 Å². The molecule has 0 saturated carbocycles. The zero-order chi connectivity index (χ0) is 13.4. The Kier molecular flexibility index (Phi) is 3.29. The van der Waals surface area contributed by atoms with Crippen LogP contribution in [0.25, 0.3) is 20.8 Å². The van der Waals surface area contributed by atoms with Crippen LogP contribution in [-0.4, -0.2) is 19.1 Å². The maximum atomic E-state index is 4.71. The topological polar surface area (TPSA) is 16.1 Å². The molecule has 0 aliphatic heterocycles. The Morgan fingerprint density at radius 1 is 1.11 bits per heavy atom. The van der Waals surface area contributed by atoms with Crippen LogP contribution in [0.1, 0.15) is 0 Å². The summed E-state index contributed by atoms with van der Waals surface area (Å²) in [4.78, 5) is 6.82. The van der Waals surface area contributed by atoms with Crippen molar-refractivity contribution in [2.75, 3.05) is 19.0 Å². The molecule has 0 aliphatic carbocycles. The molecule has 0 bridgehead atoms. The minimum atomic E-state index is 1.05. The summed E-state index contributed by atoms with van der Waals surface area (Å²) in [5, 5.41) is 1.06. The molecule has 19 heavy (non-hydrogen) atoms. The van der Waals surface area contributed by atoms with Gasteiger partial charge in [-0.3, -0.25) is 0 Å². The monoisotopic (exact) mass is 332 g/mol. The normalized spacial score (nSPS) is 10.9. The smallest absolute Gasteiger partial charge is 0.124 e. The van der Waals surface area contributed by atoms with Gasteiger partial charge in [0, 0.05) is 29.8 Å². The van der Waals surface area contributed by atoms with Crippen LogP contribution in [0.3, 0.4) is 0 Å². The highest BCUT2D eigenvalue weighted by molar-refractivity contribution is 9.10. The number of hydrogen-bond acceptors (Lipinski definition) is 3. The molecule has 2 aromatic carbocycles. The van der Waals surface area contributed by atoms with Crippen LogP contribution in [0.15, 0.2) is 46.9 Å². The van der Waals surface area contributed by atoms with E-state index in [0.717, 1.165) is 15.0 Å². The number of fused-ring (bicyclic) bond motifs is 1. The van der Waals surface area contributed by atoms with Gasteiger partial charge in [-0.2, -0.15) is 0 Å². The van der Waals surface area contributed by atoms with Crippen molar-refractivity contribution in [2.24, 2.45) is 0 Å². The van der Waals surface area contributed by atoms with Crippen LogP contribution >= 0.6 is 27.3 Å². The van der Waals surface area contributed by atoms with E-state index in [9.17, 15) is 0 Å². The second-order valence-corrected chi connectivity index (χ2v) is 6.41. The third kappa shape index (κ3) is 2.38. The minimum absolute atomic E-state index is 1.05. The number of thiazole rings is 1. The molecule has 1 heterocycles. The van der Waals surface area contributed by atoms with Gasteiger partial charge in [0.1, 0.15) is 5.01 Å². The van der Waals surface area contributed by atoms with Crippen molar-refractivity contribution in [1.29, 1.82) is 0 Å². The quantitative estimate of drug-likeness (QED) is 0.670. The molecule has 3 rings (SSSR count). The highest BCUT2D eigenvalue weighted by Gasteiger charge is 2.09. The molecule has 1 aromatic heterocycles. The summed E-state index contributed by atoms with van der Waals surface area (Å²) in [6, 6.07) is 14.6. The van der Waals surface area contributed by atoms with E-state index in [2.05, 4.69) is 57.2 Å². The summed E-state index contributed by atoms with van der Waals surface area (Å²) >= 11 is 5.30. The van der Waals surface area contributed by atoms with Gasteiger partial charge in [0.2, 0.25) is 0 Å². The maximum Gasteiger partial charge on any atom is 0.124 e. The van der Waals surface area contributed by atoms with E-state index in [-0.39, 0.29) is 0 Å². The third-order valence-corrected chi connectivity index (χ3v) is 5.05. The summed E-state index contributed by atoms with van der Waals surface area (Å²) in [6.07, 6.45) is 0. The number of hydrogen-bond donors (Lipinski definition) is 0. The first kappa shape index (κ1) is 12.6. The van der Waals surface area contributed by atoms with Gasteiger partial charge in [-0.25, -0.2) is 4.98 Å². The molecular weight excluding hydrogens is 320 g/mol. The first-order chi connectivity index (χ1) is 9.15. The lowest BCUT2D eigenvalue weighted by Gasteiger charge is -2.12. The molecule has 0 radical (unpaired) electrons. The summed E-state index contributed by atoms with van der Waals surface area (Å²) in [5.41, 5.74) is 3.40. The van der Waals surface area contributed by atoms with Gasteiger partial charge in [0.05, 0.1) is 10.2 Å². The molecule has 4 heteroatoms. The molecule has 0 unspecified atom stereocenters. The molecule has 0 amide bonds. The highest BCUT2D eigenvalue weighted by atomic mass is 79.9. The Bertz CT molecular complexity index is 734. The van der Waals surface area contributed by atoms with Crippen LogP contribution in [-0.2, 0) is 0 Å². The van der Waals surface area contributed by atoms with Gasteiger partial charge < -0.3 is 4.90 Å². The lowest BCUT2D eigenvalue weighted by molar-refractivity contribution is 1.13. The Morgan fingerprint density at radius 2 is 1.89 bits per heavy atom. The molecule has 0 spiro atoms. The predicted octanol–water partition coefficient (Wildman–Crippen LogP) is 4.79. The van der Waals surface area contributed by atoms with Crippen molar-refractivity contribution < 1.29 is 0 Å². The van der Waals surface area contributed by atoms with Gasteiger partial charge in [-0.1, -0.05) is 18.2 Å². The lowest BCUT2D eigenvalue weighted by atomic mass is 10.2. The summed E-state index contributed by atoms with van der Waals surface area (Å²) in [6.45, 7) is 0. The van der Waals surface area contributed by atoms with Gasteiger partial charge in [0.25, 0.3) is 0 Å². The molecule has 0 saturated heterocycles. The Morgan fingerprint density at radius 3 is 2.63 bits per heavy atom. The van der Waals surface area contributed by atoms with Crippen LogP contribution in [0.2, 0.25) is 0 Å². The SMILES string of the molecule is CN(C)c1cccc(-c2nc3cccc(Br)c3s2)c1. The van der Waals surface area contributed by atoms with Crippen molar-refractivity contribution in [3.63, 3.8) is 0 Å². The van der Waals surface area contributed by atoms with Gasteiger partial charge in [-0.05, 0) is 40.2 Å². The van der Waals surface area contributed by atoms with Crippen molar-refractivity contribution in [1.82, 2.24) is 4.98 Å². The number of anilines is 1. The van der Waals surface area contributed by atoms with Crippen molar-refractivity contribution in [2.45, 2.75) is 0 Å². The van der Waals surface area contributed by atoms with E-state index in [1.54, 1.807) is 11.3 Å². The molecule has 96 valence electrons. The standard InChI is InChI=1S/C15H13BrN2S/c1-18(2)11-6-3-5-10(9-11)15-17-13-8-4-7-12(16)14(13)19-15/h3-9H,1-2H3. The zero-order valence-corrected chi connectivity index (χ0v) is 13.1. The van der Waals surface area contributed by atoms with E-state index in [4.69, 9.17) is 4.98 Å². The first-order valence-corrected chi connectivity index (χ1v) is 7.59. The Labute approximate surface area is 124 Å². The predicted molar refractivity (Wildman–Crippen MR) is 87.1 cm³/mol.